The van der Waals surface area contributed by atoms with E-state index in [1.165, 1.54) is 6.26 Å². The van der Waals surface area contributed by atoms with Crippen LogP contribution in [0.1, 0.15) is 37.6 Å². The van der Waals surface area contributed by atoms with Crippen LogP contribution in [0.4, 0.5) is 6.01 Å². The molecule has 33 heavy (non-hydrogen) atoms. The van der Waals surface area contributed by atoms with Gasteiger partial charge in [0.2, 0.25) is 0 Å². The van der Waals surface area contributed by atoms with Gasteiger partial charge in [0.25, 0.3) is 0 Å². The number of aryl methyl sites for hydroxylation is 1. The van der Waals surface area contributed by atoms with Crippen molar-refractivity contribution in [3.8, 4) is 17.0 Å². The predicted octanol–water partition coefficient (Wildman–Crippen LogP) is 3.71. The number of piperidine rings is 1. The first-order valence-electron chi connectivity index (χ1n) is 11.4. The van der Waals surface area contributed by atoms with Crippen molar-refractivity contribution in [2.75, 3.05) is 24.2 Å². The van der Waals surface area contributed by atoms with Crippen molar-refractivity contribution in [3.63, 3.8) is 0 Å². The van der Waals surface area contributed by atoms with E-state index in [4.69, 9.17) is 9.26 Å². The van der Waals surface area contributed by atoms with E-state index in [-0.39, 0.29) is 6.10 Å². The molecule has 1 unspecified atom stereocenters. The van der Waals surface area contributed by atoms with E-state index in [9.17, 15) is 8.42 Å². The Bertz CT molecular complexity index is 1230. The summed E-state index contributed by atoms with van der Waals surface area (Å²) in [5.41, 5.74) is 2.87. The molecule has 1 atom stereocenters. The zero-order chi connectivity index (χ0) is 23.0. The molecule has 5 rings (SSSR count). The van der Waals surface area contributed by atoms with Crippen LogP contribution in [0.5, 0.6) is 5.75 Å². The second kappa shape index (κ2) is 8.78. The molecule has 0 saturated carbocycles. The zero-order valence-corrected chi connectivity index (χ0v) is 19.7. The number of rotatable bonds is 6. The molecule has 174 valence electrons. The van der Waals surface area contributed by atoms with Gasteiger partial charge in [0.1, 0.15) is 11.9 Å². The average molecular weight is 469 g/mol. The van der Waals surface area contributed by atoms with Crippen LogP contribution in [0.15, 0.2) is 45.9 Å². The number of aromatic nitrogens is 3. The molecule has 4 heterocycles. The molecule has 8 nitrogen and oxygen atoms in total. The molecule has 1 saturated heterocycles. The third-order valence-corrected chi connectivity index (χ3v) is 7.62. The third-order valence-electron chi connectivity index (χ3n) is 6.49. The summed E-state index contributed by atoms with van der Waals surface area (Å²) in [5, 5.41) is 4.07. The van der Waals surface area contributed by atoms with Gasteiger partial charge in [-0.15, -0.1) is 0 Å². The van der Waals surface area contributed by atoms with Crippen LogP contribution in [0.25, 0.3) is 11.3 Å². The Morgan fingerprint density at radius 2 is 1.91 bits per heavy atom. The van der Waals surface area contributed by atoms with Crippen molar-refractivity contribution in [1.29, 1.82) is 0 Å². The highest BCUT2D eigenvalue weighted by molar-refractivity contribution is 7.90. The molecule has 0 N–H and O–H groups in total. The Hall–Kier alpha value is -2.94. The van der Waals surface area contributed by atoms with Crippen LogP contribution in [0, 0.1) is 5.92 Å². The number of anilines is 1. The number of fused-ring (bicyclic) bond motifs is 1. The van der Waals surface area contributed by atoms with Gasteiger partial charge in [-0.2, -0.15) is 4.98 Å². The van der Waals surface area contributed by atoms with Gasteiger partial charge in [0, 0.05) is 43.3 Å². The van der Waals surface area contributed by atoms with E-state index >= 15 is 0 Å². The minimum absolute atomic E-state index is 0.144. The standard InChI is InChI=1S/C24H28N4O4S/c1-3-4-23-26-24(32-27-23)28-11-9-17(10-12-28)21-14-18-13-20(25-15-22(18)31-21)16-5-7-19(8-6-16)33(2,29)30/h5-8,13,15,17,21H,3-4,9-12,14H2,1-2H3. The zero-order valence-electron chi connectivity index (χ0n) is 18.9. The lowest BCUT2D eigenvalue weighted by Gasteiger charge is -2.33. The summed E-state index contributed by atoms with van der Waals surface area (Å²) >= 11 is 0. The second-order valence-corrected chi connectivity index (χ2v) is 10.9. The Morgan fingerprint density at radius 1 is 1.15 bits per heavy atom. The first kappa shape index (κ1) is 21.9. The molecule has 3 aromatic rings. The molecule has 2 aliphatic rings. The molecule has 0 spiro atoms. The summed E-state index contributed by atoms with van der Waals surface area (Å²) in [4.78, 5) is 11.5. The van der Waals surface area contributed by atoms with Crippen molar-refractivity contribution >= 4 is 15.9 Å². The molecular weight excluding hydrogens is 440 g/mol. The van der Waals surface area contributed by atoms with Gasteiger partial charge in [0.15, 0.2) is 15.7 Å². The Kier molecular flexibility index (Phi) is 5.82. The fraction of sp³-hybridized carbons (Fsp3) is 0.458. The van der Waals surface area contributed by atoms with Crippen molar-refractivity contribution < 1.29 is 17.7 Å². The number of benzene rings is 1. The van der Waals surface area contributed by atoms with Crippen LogP contribution >= 0.6 is 0 Å². The Labute approximate surface area is 193 Å². The lowest BCUT2D eigenvalue weighted by Crippen LogP contribution is -2.39. The van der Waals surface area contributed by atoms with E-state index in [1.807, 2.05) is 0 Å². The lowest BCUT2D eigenvalue weighted by atomic mass is 9.89. The topological polar surface area (TPSA) is 98.4 Å². The van der Waals surface area contributed by atoms with Gasteiger partial charge in [-0.25, -0.2) is 8.42 Å². The lowest BCUT2D eigenvalue weighted by molar-refractivity contribution is 0.137. The monoisotopic (exact) mass is 468 g/mol. The summed E-state index contributed by atoms with van der Waals surface area (Å²) in [6.07, 6.45) is 7.87. The number of hydrogen-bond acceptors (Lipinski definition) is 8. The van der Waals surface area contributed by atoms with E-state index in [2.05, 4.69) is 33.0 Å². The molecule has 2 aliphatic heterocycles. The molecule has 0 radical (unpaired) electrons. The summed E-state index contributed by atoms with van der Waals surface area (Å²) in [5.74, 6) is 2.09. The van der Waals surface area contributed by atoms with Gasteiger partial charge in [0.05, 0.1) is 16.8 Å². The highest BCUT2D eigenvalue weighted by Crippen LogP contribution is 2.37. The van der Waals surface area contributed by atoms with Gasteiger partial charge < -0.3 is 14.2 Å². The number of ether oxygens (including phenoxy) is 1. The third kappa shape index (κ3) is 4.59. The molecule has 2 aromatic heterocycles. The van der Waals surface area contributed by atoms with Crippen molar-refractivity contribution in [1.82, 2.24) is 15.1 Å². The summed E-state index contributed by atoms with van der Waals surface area (Å²) < 4.78 is 35.1. The quantitative estimate of drug-likeness (QED) is 0.540. The molecule has 9 heteroatoms. The first-order valence-corrected chi connectivity index (χ1v) is 13.3. The van der Waals surface area contributed by atoms with Gasteiger partial charge in [-0.05, 0) is 43.4 Å². The van der Waals surface area contributed by atoms with Crippen molar-refractivity contribution in [2.24, 2.45) is 5.92 Å². The van der Waals surface area contributed by atoms with Gasteiger partial charge in [-0.3, -0.25) is 4.98 Å². The Morgan fingerprint density at radius 3 is 2.61 bits per heavy atom. The maximum absolute atomic E-state index is 11.7. The molecule has 1 fully saturated rings. The average Bonchev–Trinajstić information content (AvgIpc) is 3.46. The van der Waals surface area contributed by atoms with E-state index in [0.717, 1.165) is 73.6 Å². The number of sulfone groups is 1. The van der Waals surface area contributed by atoms with Gasteiger partial charge >= 0.3 is 6.01 Å². The van der Waals surface area contributed by atoms with Crippen LogP contribution in [-0.2, 0) is 22.7 Å². The van der Waals surface area contributed by atoms with E-state index in [1.54, 1.807) is 30.5 Å². The predicted molar refractivity (Wildman–Crippen MR) is 124 cm³/mol. The normalized spacial score (nSPS) is 18.8. The number of pyridine rings is 1. The molecule has 0 bridgehead atoms. The van der Waals surface area contributed by atoms with Crippen LogP contribution in [0.2, 0.25) is 0 Å². The smallest absolute Gasteiger partial charge is 0.324 e. The molecule has 1 aromatic carbocycles. The maximum Gasteiger partial charge on any atom is 0.324 e. The highest BCUT2D eigenvalue weighted by Gasteiger charge is 2.34. The molecule has 0 aliphatic carbocycles. The van der Waals surface area contributed by atoms with Crippen molar-refractivity contribution in [3.05, 3.63) is 47.9 Å². The first-order chi connectivity index (χ1) is 15.9. The van der Waals surface area contributed by atoms with Crippen LogP contribution in [-0.4, -0.2) is 49.0 Å². The largest absolute Gasteiger partial charge is 0.488 e. The fourth-order valence-electron chi connectivity index (χ4n) is 4.63. The van der Waals surface area contributed by atoms with Crippen LogP contribution in [0.3, 0.4) is 0 Å². The SMILES string of the molecule is CCCc1noc(N2CCC(C3Cc4cc(-c5ccc(S(C)(=O)=O)cc5)ncc4O3)CC2)n1. The molecular formula is C24H28N4O4S. The second-order valence-electron chi connectivity index (χ2n) is 8.90. The maximum atomic E-state index is 11.7. The van der Waals surface area contributed by atoms with Crippen molar-refractivity contribution in [2.45, 2.75) is 50.0 Å². The highest BCUT2D eigenvalue weighted by atomic mass is 32.2. The summed E-state index contributed by atoms with van der Waals surface area (Å²) in [7, 11) is -3.21. The van der Waals surface area contributed by atoms with E-state index in [0.29, 0.717) is 16.8 Å². The summed E-state index contributed by atoms with van der Waals surface area (Å²) in [6.45, 7) is 3.86. The minimum atomic E-state index is -3.21. The minimum Gasteiger partial charge on any atom is -0.488 e. The van der Waals surface area contributed by atoms with E-state index < -0.39 is 9.84 Å². The number of hydrogen-bond donors (Lipinski definition) is 0. The Balaban J connectivity index is 1.22. The fourth-order valence-corrected chi connectivity index (χ4v) is 5.26. The van der Waals surface area contributed by atoms with Crippen LogP contribution < -0.4 is 9.64 Å². The number of nitrogens with zero attached hydrogens (tertiary/aromatic N) is 4. The van der Waals surface area contributed by atoms with Gasteiger partial charge in [-0.1, -0.05) is 24.2 Å². The summed E-state index contributed by atoms with van der Waals surface area (Å²) in [6, 6.07) is 9.55. The molecule has 0 amide bonds.